The van der Waals surface area contributed by atoms with Crippen molar-refractivity contribution in [3.63, 3.8) is 0 Å². The molecule has 0 atom stereocenters. The predicted molar refractivity (Wildman–Crippen MR) is 97.2 cm³/mol. The Labute approximate surface area is 156 Å². The van der Waals surface area contributed by atoms with E-state index in [2.05, 4.69) is 16.7 Å². The summed E-state index contributed by atoms with van der Waals surface area (Å²) in [6.07, 6.45) is 3.08. The van der Waals surface area contributed by atoms with Crippen LogP contribution in [0.15, 0.2) is 0 Å². The first-order valence-corrected chi connectivity index (χ1v) is 9.71. The number of carboxylic acids is 1. The molecule has 150 valence electrons. The molecule has 1 N–H and O–H groups in total. The van der Waals surface area contributed by atoms with Gasteiger partial charge < -0.3 is 24.4 Å². The quantitative estimate of drug-likeness (QED) is 0.584. The molecule has 2 aliphatic rings. The van der Waals surface area contributed by atoms with Crippen LogP contribution in [0.5, 0.6) is 0 Å². The second-order valence-corrected chi connectivity index (χ2v) is 7.00. The number of hydrogen-bond acceptors (Lipinski definition) is 6. The van der Waals surface area contributed by atoms with Crippen LogP contribution in [0.2, 0.25) is 0 Å². The zero-order chi connectivity index (χ0) is 18.8. The summed E-state index contributed by atoms with van der Waals surface area (Å²) in [5.74, 6) is -1.15. The molecule has 0 aromatic carbocycles. The maximum Gasteiger partial charge on any atom is 0.329 e. The number of ether oxygens (including phenoxy) is 2. The van der Waals surface area contributed by atoms with Gasteiger partial charge >= 0.3 is 5.97 Å². The third-order valence-corrected chi connectivity index (χ3v) is 5.07. The van der Waals surface area contributed by atoms with E-state index in [1.807, 2.05) is 4.90 Å². The van der Waals surface area contributed by atoms with Gasteiger partial charge in [-0.3, -0.25) is 9.69 Å². The molecule has 0 aromatic rings. The van der Waals surface area contributed by atoms with Crippen molar-refractivity contribution in [1.29, 1.82) is 0 Å². The second-order valence-electron chi connectivity index (χ2n) is 7.00. The number of carbonyl (C=O) groups excluding carboxylic acids is 1. The molecule has 0 spiro atoms. The fourth-order valence-electron chi connectivity index (χ4n) is 3.66. The molecule has 2 heterocycles. The third kappa shape index (κ3) is 7.19. The highest BCUT2D eigenvalue weighted by atomic mass is 16.5. The minimum atomic E-state index is -1.05. The third-order valence-electron chi connectivity index (χ3n) is 5.07. The summed E-state index contributed by atoms with van der Waals surface area (Å²) in [6.45, 7) is 9.47. The predicted octanol–water partition coefficient (Wildman–Crippen LogP) is 0.123. The van der Waals surface area contributed by atoms with Crippen molar-refractivity contribution in [1.82, 2.24) is 14.7 Å². The summed E-state index contributed by atoms with van der Waals surface area (Å²) in [6, 6.07) is 0.213. The Morgan fingerprint density at radius 1 is 1.08 bits per heavy atom. The molecule has 26 heavy (non-hydrogen) atoms. The fraction of sp³-hybridized carbons (Fsp3) is 0.889. The van der Waals surface area contributed by atoms with Crippen LogP contribution < -0.4 is 0 Å². The van der Waals surface area contributed by atoms with Crippen LogP contribution in [0, 0.1) is 0 Å². The summed E-state index contributed by atoms with van der Waals surface area (Å²) in [5, 5.41) is 8.69. The van der Waals surface area contributed by atoms with Crippen LogP contribution in [0.1, 0.15) is 26.2 Å². The van der Waals surface area contributed by atoms with E-state index >= 15 is 0 Å². The highest BCUT2D eigenvalue weighted by Gasteiger charge is 2.28. The van der Waals surface area contributed by atoms with E-state index in [1.165, 1.54) is 0 Å². The van der Waals surface area contributed by atoms with Gasteiger partial charge in [-0.15, -0.1) is 0 Å². The number of carboxylic acid groups (broad SMARTS) is 1. The van der Waals surface area contributed by atoms with Gasteiger partial charge in [0.15, 0.2) is 0 Å². The molecule has 0 unspecified atom stereocenters. The molecule has 0 saturated carbocycles. The zero-order valence-electron chi connectivity index (χ0n) is 15.9. The molecule has 2 saturated heterocycles. The maximum absolute atomic E-state index is 12.7. The van der Waals surface area contributed by atoms with Crippen LogP contribution in [-0.4, -0.2) is 110 Å². The highest BCUT2D eigenvalue weighted by Crippen LogP contribution is 2.17. The van der Waals surface area contributed by atoms with Crippen molar-refractivity contribution < 1.29 is 24.2 Å². The first-order chi connectivity index (χ1) is 12.6. The average Bonchev–Trinajstić information content (AvgIpc) is 2.64. The molecule has 1 amide bonds. The van der Waals surface area contributed by atoms with Gasteiger partial charge in [-0.05, 0) is 25.8 Å². The number of morpholine rings is 1. The minimum Gasteiger partial charge on any atom is -0.480 e. The molecule has 0 bridgehead atoms. The molecule has 2 rings (SSSR count). The number of hydrogen-bond donors (Lipinski definition) is 1. The molecule has 0 aliphatic carbocycles. The lowest BCUT2D eigenvalue weighted by Gasteiger charge is -2.39. The standard InChI is InChI=1S/C18H33N3O5/c1-2-5-19-6-3-16(4-7-19)21(17(22)14-26-15-18(23)24)9-8-20-10-12-25-13-11-20/h16H,2-15H2,1H3,(H,23,24). The van der Waals surface area contributed by atoms with Crippen molar-refractivity contribution in [2.75, 3.05) is 72.2 Å². The second kappa shape index (κ2) is 11.5. The van der Waals surface area contributed by atoms with Gasteiger partial charge in [0.1, 0.15) is 13.2 Å². The SMILES string of the molecule is CCCN1CCC(N(CCN2CCOCC2)C(=O)COCC(=O)O)CC1. The van der Waals surface area contributed by atoms with E-state index in [-0.39, 0.29) is 18.6 Å². The summed E-state index contributed by atoms with van der Waals surface area (Å²) >= 11 is 0. The number of piperidine rings is 1. The Kier molecular flexibility index (Phi) is 9.31. The molecule has 2 fully saturated rings. The van der Waals surface area contributed by atoms with Crippen molar-refractivity contribution >= 4 is 11.9 Å². The van der Waals surface area contributed by atoms with Crippen LogP contribution in [0.25, 0.3) is 0 Å². The van der Waals surface area contributed by atoms with E-state index in [9.17, 15) is 9.59 Å². The Balaban J connectivity index is 1.87. The smallest absolute Gasteiger partial charge is 0.329 e. The zero-order valence-corrected chi connectivity index (χ0v) is 15.9. The largest absolute Gasteiger partial charge is 0.480 e. The van der Waals surface area contributed by atoms with Crippen molar-refractivity contribution in [2.24, 2.45) is 0 Å². The number of rotatable bonds is 10. The van der Waals surface area contributed by atoms with Crippen LogP contribution in [0.3, 0.4) is 0 Å². The molecule has 0 aromatic heterocycles. The lowest BCUT2D eigenvalue weighted by molar-refractivity contribution is -0.147. The lowest BCUT2D eigenvalue weighted by Crippen LogP contribution is -2.51. The molecular formula is C18H33N3O5. The van der Waals surface area contributed by atoms with E-state index in [0.29, 0.717) is 6.54 Å². The van der Waals surface area contributed by atoms with Gasteiger partial charge in [0.25, 0.3) is 0 Å². The number of nitrogens with zero attached hydrogens (tertiary/aromatic N) is 3. The summed E-state index contributed by atoms with van der Waals surface area (Å²) in [7, 11) is 0. The Morgan fingerprint density at radius 3 is 2.35 bits per heavy atom. The minimum absolute atomic E-state index is 0.103. The highest BCUT2D eigenvalue weighted by molar-refractivity contribution is 5.78. The van der Waals surface area contributed by atoms with Crippen molar-refractivity contribution in [2.45, 2.75) is 32.2 Å². The molecule has 2 aliphatic heterocycles. The fourth-order valence-corrected chi connectivity index (χ4v) is 3.66. The summed E-state index contributed by atoms with van der Waals surface area (Å²) in [4.78, 5) is 29.9. The number of aliphatic carboxylic acids is 1. The van der Waals surface area contributed by atoms with Crippen molar-refractivity contribution in [3.05, 3.63) is 0 Å². The van der Waals surface area contributed by atoms with Crippen LogP contribution >= 0.6 is 0 Å². The Bertz CT molecular complexity index is 435. The number of likely N-dealkylation sites (tertiary alicyclic amines) is 1. The monoisotopic (exact) mass is 371 g/mol. The first-order valence-electron chi connectivity index (χ1n) is 9.71. The van der Waals surface area contributed by atoms with Crippen LogP contribution in [-0.2, 0) is 19.1 Å². The Hall–Kier alpha value is -1.22. The van der Waals surface area contributed by atoms with Gasteiger partial charge in [0.2, 0.25) is 5.91 Å². The van der Waals surface area contributed by atoms with Gasteiger partial charge in [-0.2, -0.15) is 0 Å². The molecule has 0 radical (unpaired) electrons. The summed E-state index contributed by atoms with van der Waals surface area (Å²) in [5.41, 5.74) is 0. The van der Waals surface area contributed by atoms with Gasteiger partial charge in [-0.1, -0.05) is 6.92 Å². The number of amides is 1. The maximum atomic E-state index is 12.7. The molecule has 8 heteroatoms. The van der Waals surface area contributed by atoms with Gasteiger partial charge in [0.05, 0.1) is 13.2 Å². The van der Waals surface area contributed by atoms with E-state index in [0.717, 1.165) is 71.7 Å². The van der Waals surface area contributed by atoms with E-state index in [1.54, 1.807) is 0 Å². The molecular weight excluding hydrogens is 338 g/mol. The Morgan fingerprint density at radius 2 is 1.73 bits per heavy atom. The van der Waals surface area contributed by atoms with E-state index < -0.39 is 12.6 Å². The number of carbonyl (C=O) groups is 2. The topological polar surface area (TPSA) is 82.5 Å². The van der Waals surface area contributed by atoms with Gasteiger partial charge in [-0.25, -0.2) is 4.79 Å². The lowest BCUT2D eigenvalue weighted by atomic mass is 10.0. The molecule has 8 nitrogen and oxygen atoms in total. The first kappa shape index (κ1) is 21.1. The van der Waals surface area contributed by atoms with Crippen LogP contribution in [0.4, 0.5) is 0 Å². The van der Waals surface area contributed by atoms with Gasteiger partial charge in [0, 0.05) is 45.3 Å². The van der Waals surface area contributed by atoms with Crippen molar-refractivity contribution in [3.8, 4) is 0 Å². The average molecular weight is 371 g/mol. The summed E-state index contributed by atoms with van der Waals surface area (Å²) < 4.78 is 10.4. The van der Waals surface area contributed by atoms with E-state index in [4.69, 9.17) is 14.6 Å². The normalized spacial score (nSPS) is 20.2.